The molecule has 1 amide bonds. The van der Waals surface area contributed by atoms with Crippen LogP contribution in [-0.4, -0.2) is 20.0 Å². The van der Waals surface area contributed by atoms with Crippen molar-refractivity contribution >= 4 is 34.7 Å². The Balaban J connectivity index is 1.80. The number of nitrogens with zero attached hydrogens (tertiary/aromatic N) is 2. The number of para-hydroxylation sites is 2. The Morgan fingerprint density at radius 3 is 1.84 bits per heavy atom. The van der Waals surface area contributed by atoms with E-state index >= 15 is 0 Å². The van der Waals surface area contributed by atoms with Crippen molar-refractivity contribution in [3.05, 3.63) is 78.4 Å². The highest BCUT2D eigenvalue weighted by Crippen LogP contribution is 2.48. The van der Waals surface area contributed by atoms with Gasteiger partial charge >= 0.3 is 0 Å². The Bertz CT molecular complexity index is 889. The summed E-state index contributed by atoms with van der Waals surface area (Å²) in [6, 6.07) is 23.8. The van der Waals surface area contributed by atoms with E-state index in [1.807, 2.05) is 84.6 Å². The third-order valence-corrected chi connectivity index (χ3v) is 5.40. The highest BCUT2D eigenvalue weighted by molar-refractivity contribution is 7.99. The van der Waals surface area contributed by atoms with Crippen molar-refractivity contribution in [2.24, 2.45) is 0 Å². The Hall–Kier alpha value is -2.72. The van der Waals surface area contributed by atoms with Gasteiger partial charge in [-0.1, -0.05) is 36.0 Å². The van der Waals surface area contributed by atoms with Crippen LogP contribution in [0.5, 0.6) is 0 Å². The molecular weight excluding hydrogens is 328 g/mol. The largest absolute Gasteiger partial charge is 0.378 e. The number of anilines is 3. The summed E-state index contributed by atoms with van der Waals surface area (Å²) in [4.78, 5) is 19.4. The lowest BCUT2D eigenvalue weighted by Crippen LogP contribution is -2.28. The molecule has 1 aliphatic rings. The van der Waals surface area contributed by atoms with Gasteiger partial charge in [0.25, 0.3) is 5.91 Å². The average molecular weight is 346 g/mol. The molecule has 4 heteroatoms. The van der Waals surface area contributed by atoms with Crippen LogP contribution in [0.1, 0.15) is 10.4 Å². The molecule has 3 aromatic carbocycles. The molecule has 3 nitrogen and oxygen atoms in total. The third kappa shape index (κ3) is 2.79. The molecule has 1 aliphatic heterocycles. The molecule has 0 atom stereocenters. The first-order valence-electron chi connectivity index (χ1n) is 8.13. The predicted molar refractivity (Wildman–Crippen MR) is 104 cm³/mol. The Morgan fingerprint density at radius 2 is 1.32 bits per heavy atom. The molecule has 0 fully saturated rings. The zero-order chi connectivity index (χ0) is 17.4. The maximum Gasteiger partial charge on any atom is 0.262 e. The summed E-state index contributed by atoms with van der Waals surface area (Å²) < 4.78 is 0. The topological polar surface area (TPSA) is 23.6 Å². The van der Waals surface area contributed by atoms with E-state index in [2.05, 4.69) is 12.1 Å². The molecular formula is C21H18N2OS. The summed E-state index contributed by atoms with van der Waals surface area (Å²) in [6.07, 6.45) is 0. The number of carbonyl (C=O) groups is 1. The van der Waals surface area contributed by atoms with E-state index < -0.39 is 0 Å². The molecule has 124 valence electrons. The Labute approximate surface area is 151 Å². The van der Waals surface area contributed by atoms with Crippen molar-refractivity contribution in [2.45, 2.75) is 9.79 Å². The zero-order valence-corrected chi connectivity index (χ0v) is 15.0. The predicted octanol–water partition coefficient (Wildman–Crippen LogP) is 5.20. The van der Waals surface area contributed by atoms with E-state index in [1.165, 1.54) is 0 Å². The second kappa shape index (κ2) is 6.30. The molecule has 0 aromatic heterocycles. The minimum Gasteiger partial charge on any atom is -0.378 e. The van der Waals surface area contributed by atoms with Gasteiger partial charge in [-0.25, -0.2) is 0 Å². The van der Waals surface area contributed by atoms with Gasteiger partial charge in [0.05, 0.1) is 11.4 Å². The van der Waals surface area contributed by atoms with Gasteiger partial charge in [0.1, 0.15) is 0 Å². The van der Waals surface area contributed by atoms with E-state index in [0.29, 0.717) is 5.56 Å². The third-order valence-electron chi connectivity index (χ3n) is 4.27. The maximum atomic E-state index is 13.3. The van der Waals surface area contributed by atoms with E-state index in [0.717, 1.165) is 26.9 Å². The molecule has 0 saturated carbocycles. The van der Waals surface area contributed by atoms with Crippen LogP contribution in [0.15, 0.2) is 82.6 Å². The smallest absolute Gasteiger partial charge is 0.262 e. The van der Waals surface area contributed by atoms with Crippen molar-refractivity contribution in [3.63, 3.8) is 0 Å². The van der Waals surface area contributed by atoms with E-state index in [9.17, 15) is 4.79 Å². The molecule has 0 N–H and O–H groups in total. The van der Waals surface area contributed by atoms with Crippen molar-refractivity contribution in [1.29, 1.82) is 0 Å². The first kappa shape index (κ1) is 15.8. The second-order valence-electron chi connectivity index (χ2n) is 6.12. The SMILES string of the molecule is CN(C)c1ccc(C(=O)N2c3ccccc3Sc3ccccc32)cc1. The van der Waals surface area contributed by atoms with Gasteiger partial charge in [0, 0.05) is 35.1 Å². The van der Waals surface area contributed by atoms with Crippen molar-refractivity contribution in [2.75, 3.05) is 23.9 Å². The molecule has 1 heterocycles. The van der Waals surface area contributed by atoms with Gasteiger partial charge in [0.2, 0.25) is 0 Å². The Kier molecular flexibility index (Phi) is 3.98. The van der Waals surface area contributed by atoms with Crippen molar-refractivity contribution in [3.8, 4) is 0 Å². The summed E-state index contributed by atoms with van der Waals surface area (Å²) >= 11 is 1.70. The normalized spacial score (nSPS) is 12.3. The summed E-state index contributed by atoms with van der Waals surface area (Å²) in [7, 11) is 3.98. The highest BCUT2D eigenvalue weighted by Gasteiger charge is 2.28. The van der Waals surface area contributed by atoms with Crippen LogP contribution in [-0.2, 0) is 0 Å². The number of hydrogen-bond donors (Lipinski definition) is 0. The van der Waals surface area contributed by atoms with Crippen molar-refractivity contribution < 1.29 is 4.79 Å². The van der Waals surface area contributed by atoms with Gasteiger partial charge in [-0.15, -0.1) is 0 Å². The molecule has 0 radical (unpaired) electrons. The fourth-order valence-electron chi connectivity index (χ4n) is 2.95. The monoisotopic (exact) mass is 346 g/mol. The van der Waals surface area contributed by atoms with Gasteiger partial charge in [-0.05, 0) is 48.5 Å². The van der Waals surface area contributed by atoms with Crippen molar-refractivity contribution in [1.82, 2.24) is 0 Å². The molecule has 4 rings (SSSR count). The van der Waals surface area contributed by atoms with E-state index in [-0.39, 0.29) is 5.91 Å². The average Bonchev–Trinajstić information content (AvgIpc) is 2.65. The van der Waals surface area contributed by atoms with Gasteiger partial charge in [0.15, 0.2) is 0 Å². The van der Waals surface area contributed by atoms with Crippen LogP contribution >= 0.6 is 11.8 Å². The molecule has 0 aliphatic carbocycles. The van der Waals surface area contributed by atoms with Crippen LogP contribution < -0.4 is 9.80 Å². The first-order valence-corrected chi connectivity index (χ1v) is 8.94. The summed E-state index contributed by atoms with van der Waals surface area (Å²) in [5.74, 6) is -0.00879. The van der Waals surface area contributed by atoms with Gasteiger partial charge < -0.3 is 4.90 Å². The standard InChI is InChI=1S/C21H18N2OS/c1-22(2)16-13-11-15(12-14-16)21(24)23-17-7-3-5-9-19(17)25-20-10-6-4-8-18(20)23/h3-14H,1-2H3. The fraction of sp³-hybridized carbons (Fsp3) is 0.0952. The minimum absolute atomic E-state index is 0.00879. The quantitative estimate of drug-likeness (QED) is 0.637. The van der Waals surface area contributed by atoms with Gasteiger partial charge in [-0.2, -0.15) is 0 Å². The van der Waals surface area contributed by atoms with Crippen LogP contribution in [0.2, 0.25) is 0 Å². The van der Waals surface area contributed by atoms with Crippen LogP contribution in [0.3, 0.4) is 0 Å². The zero-order valence-electron chi connectivity index (χ0n) is 14.1. The summed E-state index contributed by atoms with van der Waals surface area (Å²) in [5.41, 5.74) is 3.63. The molecule has 0 bridgehead atoms. The van der Waals surface area contributed by atoms with Crippen LogP contribution in [0.4, 0.5) is 17.1 Å². The lowest BCUT2D eigenvalue weighted by atomic mass is 10.1. The lowest BCUT2D eigenvalue weighted by molar-refractivity contribution is 0.0998. The number of fused-ring (bicyclic) bond motifs is 2. The van der Waals surface area contributed by atoms with E-state index in [1.54, 1.807) is 11.8 Å². The number of amides is 1. The highest BCUT2D eigenvalue weighted by atomic mass is 32.2. The maximum absolute atomic E-state index is 13.3. The fourth-order valence-corrected chi connectivity index (χ4v) is 4.01. The first-order chi connectivity index (χ1) is 12.1. The number of rotatable bonds is 2. The molecule has 0 spiro atoms. The number of carbonyl (C=O) groups excluding carboxylic acids is 1. The molecule has 3 aromatic rings. The number of hydrogen-bond acceptors (Lipinski definition) is 3. The van der Waals surface area contributed by atoms with Crippen LogP contribution in [0, 0.1) is 0 Å². The molecule has 0 unspecified atom stereocenters. The minimum atomic E-state index is -0.00879. The molecule has 0 saturated heterocycles. The number of benzene rings is 3. The second-order valence-corrected chi connectivity index (χ2v) is 7.20. The van der Waals surface area contributed by atoms with Crippen LogP contribution in [0.25, 0.3) is 0 Å². The summed E-state index contributed by atoms with van der Waals surface area (Å²) in [6.45, 7) is 0. The van der Waals surface area contributed by atoms with Gasteiger partial charge in [-0.3, -0.25) is 9.69 Å². The summed E-state index contributed by atoms with van der Waals surface area (Å²) in [5, 5.41) is 0. The lowest BCUT2D eigenvalue weighted by Gasteiger charge is -2.31. The molecule has 25 heavy (non-hydrogen) atoms. The Morgan fingerprint density at radius 1 is 0.800 bits per heavy atom. The van der Waals surface area contributed by atoms with E-state index in [4.69, 9.17) is 0 Å².